The summed E-state index contributed by atoms with van der Waals surface area (Å²) in [6.45, 7) is 4.71. The Balaban J connectivity index is 2.54. The number of fused-ring (bicyclic) bond motifs is 1. The maximum absolute atomic E-state index is 8.85. The van der Waals surface area contributed by atoms with Gasteiger partial charge < -0.3 is 4.18 Å². The highest BCUT2D eigenvalue weighted by atomic mass is 32.2. The molecule has 0 fully saturated rings. The van der Waals surface area contributed by atoms with Gasteiger partial charge in [0.1, 0.15) is 5.75 Å². The summed E-state index contributed by atoms with van der Waals surface area (Å²) in [4.78, 5) is 0. The third-order valence-corrected chi connectivity index (χ3v) is 2.89. The lowest BCUT2D eigenvalue weighted by Crippen LogP contribution is -2.22. The van der Waals surface area contributed by atoms with E-state index < -0.39 is 0 Å². The van der Waals surface area contributed by atoms with E-state index in [2.05, 4.69) is 19.9 Å². The van der Waals surface area contributed by atoms with Gasteiger partial charge in [0, 0.05) is 11.0 Å². The van der Waals surface area contributed by atoms with Gasteiger partial charge in [-0.15, -0.1) is 0 Å². The van der Waals surface area contributed by atoms with Crippen LogP contribution in [-0.4, -0.2) is 6.61 Å². The van der Waals surface area contributed by atoms with E-state index in [-0.39, 0.29) is 5.41 Å². The third-order valence-electron chi connectivity index (χ3n) is 2.43. The summed E-state index contributed by atoms with van der Waals surface area (Å²) in [6, 6.07) is 7.57. The molecule has 2 rings (SSSR count). The van der Waals surface area contributed by atoms with E-state index in [0.717, 1.165) is 23.6 Å². The molecule has 0 spiro atoms. The molecular formula is C11H11NO2S. The first-order chi connectivity index (χ1) is 7.13. The van der Waals surface area contributed by atoms with Gasteiger partial charge in [-0.1, -0.05) is 13.8 Å². The van der Waals surface area contributed by atoms with Crippen LogP contribution in [0.25, 0.3) is 0 Å². The first-order valence-electron chi connectivity index (χ1n) is 4.64. The number of hydrogen-bond donors (Lipinski definition) is 0. The van der Waals surface area contributed by atoms with Crippen LogP contribution in [0.3, 0.4) is 0 Å². The van der Waals surface area contributed by atoms with E-state index in [1.165, 1.54) is 0 Å². The van der Waals surface area contributed by atoms with Gasteiger partial charge in [0.25, 0.3) is 0 Å². The van der Waals surface area contributed by atoms with Crippen molar-refractivity contribution < 1.29 is 8.37 Å². The Hall–Kier alpha value is -1.18. The number of nitriles is 1. The summed E-state index contributed by atoms with van der Waals surface area (Å²) in [5, 5.41) is 8.85. The fraction of sp³-hybridized carbons (Fsp3) is 0.364. The molecule has 15 heavy (non-hydrogen) atoms. The molecule has 1 aromatic rings. The van der Waals surface area contributed by atoms with Crippen LogP contribution in [0.15, 0.2) is 18.2 Å². The Morgan fingerprint density at radius 2 is 2.27 bits per heavy atom. The molecule has 0 aromatic heterocycles. The summed E-state index contributed by atoms with van der Waals surface area (Å²) in [6.07, 6.45) is 0. The number of rotatable bonds is 0. The molecule has 1 aliphatic heterocycles. The molecule has 0 saturated carbocycles. The maximum Gasteiger partial charge on any atom is 0.225 e. The molecule has 3 nitrogen and oxygen atoms in total. The molecule has 1 aliphatic rings. The van der Waals surface area contributed by atoms with Gasteiger partial charge in [-0.2, -0.15) is 5.26 Å². The van der Waals surface area contributed by atoms with E-state index in [1.54, 1.807) is 6.07 Å². The average molecular weight is 221 g/mol. The van der Waals surface area contributed by atoms with Gasteiger partial charge >= 0.3 is 0 Å². The molecule has 0 atom stereocenters. The lowest BCUT2D eigenvalue weighted by molar-refractivity contribution is 0.276. The molecule has 0 bridgehead atoms. The van der Waals surface area contributed by atoms with E-state index in [4.69, 9.17) is 13.6 Å². The summed E-state index contributed by atoms with van der Waals surface area (Å²) < 4.78 is 10.6. The van der Waals surface area contributed by atoms with Crippen LogP contribution in [0.2, 0.25) is 0 Å². The van der Waals surface area contributed by atoms with E-state index >= 15 is 0 Å². The van der Waals surface area contributed by atoms with Gasteiger partial charge in [-0.3, -0.25) is 4.18 Å². The fourth-order valence-corrected chi connectivity index (χ4v) is 2.12. The lowest BCUT2D eigenvalue weighted by atomic mass is 9.84. The summed E-state index contributed by atoms with van der Waals surface area (Å²) >= 11 is 0.991. The highest BCUT2D eigenvalue weighted by Gasteiger charge is 2.28. The monoisotopic (exact) mass is 221 g/mol. The molecule has 0 unspecified atom stereocenters. The standard InChI is InChI=1S/C11H11NO2S/c1-11(2)7-13-15-14-10-4-3-8(6-12)5-9(10)11/h3-5H,7H2,1-2H3. The number of nitrogens with zero attached hydrogens (tertiary/aromatic N) is 1. The van der Waals surface area contributed by atoms with Crippen molar-refractivity contribution in [2.24, 2.45) is 0 Å². The second kappa shape index (κ2) is 3.76. The van der Waals surface area contributed by atoms with E-state index in [0.29, 0.717) is 12.2 Å². The van der Waals surface area contributed by atoms with E-state index in [9.17, 15) is 0 Å². The predicted octanol–water partition coefficient (Wildman–Crippen LogP) is 2.81. The van der Waals surface area contributed by atoms with Crippen molar-refractivity contribution in [3.05, 3.63) is 29.3 Å². The summed E-state index contributed by atoms with van der Waals surface area (Å²) in [5.41, 5.74) is 1.54. The van der Waals surface area contributed by atoms with Crippen molar-refractivity contribution in [2.75, 3.05) is 6.61 Å². The van der Waals surface area contributed by atoms with Gasteiger partial charge in [-0.05, 0) is 18.2 Å². The molecule has 4 heteroatoms. The average Bonchev–Trinajstić information content (AvgIpc) is 2.37. The molecule has 0 radical (unpaired) electrons. The minimum Gasteiger partial charge on any atom is -0.400 e. The Labute approximate surface area is 93.4 Å². The predicted molar refractivity (Wildman–Crippen MR) is 58.4 cm³/mol. The molecule has 0 amide bonds. The largest absolute Gasteiger partial charge is 0.400 e. The SMILES string of the molecule is CC1(C)COSOc2ccc(C#N)cc21. The van der Waals surface area contributed by atoms with Crippen molar-refractivity contribution >= 4 is 12.3 Å². The second-order valence-electron chi connectivity index (χ2n) is 4.12. The van der Waals surface area contributed by atoms with Crippen LogP contribution >= 0.6 is 12.3 Å². The minimum atomic E-state index is -0.133. The normalized spacial score (nSPS) is 18.2. The molecule has 0 N–H and O–H groups in total. The lowest BCUT2D eigenvalue weighted by Gasteiger charge is -2.22. The van der Waals surface area contributed by atoms with Crippen molar-refractivity contribution in [1.82, 2.24) is 0 Å². The van der Waals surface area contributed by atoms with Gasteiger partial charge in [0.2, 0.25) is 12.3 Å². The highest BCUT2D eigenvalue weighted by molar-refractivity contribution is 7.90. The van der Waals surface area contributed by atoms with E-state index in [1.807, 2.05) is 12.1 Å². The van der Waals surface area contributed by atoms with Crippen molar-refractivity contribution in [3.8, 4) is 11.8 Å². The van der Waals surface area contributed by atoms with Crippen LogP contribution in [-0.2, 0) is 9.60 Å². The van der Waals surface area contributed by atoms with Crippen LogP contribution in [0.4, 0.5) is 0 Å². The zero-order valence-electron chi connectivity index (χ0n) is 8.61. The van der Waals surface area contributed by atoms with Crippen LogP contribution in [0, 0.1) is 11.3 Å². The Morgan fingerprint density at radius 1 is 1.47 bits per heavy atom. The van der Waals surface area contributed by atoms with Crippen molar-refractivity contribution in [1.29, 1.82) is 5.26 Å². The zero-order chi connectivity index (χ0) is 10.9. The van der Waals surface area contributed by atoms with Gasteiger partial charge in [0.15, 0.2) is 0 Å². The number of hydrogen-bond acceptors (Lipinski definition) is 4. The fourth-order valence-electron chi connectivity index (χ4n) is 1.51. The smallest absolute Gasteiger partial charge is 0.225 e. The van der Waals surface area contributed by atoms with Crippen LogP contribution in [0.1, 0.15) is 25.0 Å². The molecule has 0 saturated heterocycles. The zero-order valence-corrected chi connectivity index (χ0v) is 9.43. The quantitative estimate of drug-likeness (QED) is 0.632. The molecular weight excluding hydrogens is 210 g/mol. The highest BCUT2D eigenvalue weighted by Crippen LogP contribution is 2.38. The van der Waals surface area contributed by atoms with Gasteiger partial charge in [0.05, 0.1) is 18.2 Å². The minimum absolute atomic E-state index is 0.133. The first-order valence-corrected chi connectivity index (χ1v) is 5.31. The molecule has 1 heterocycles. The van der Waals surface area contributed by atoms with Crippen molar-refractivity contribution in [2.45, 2.75) is 19.3 Å². The Bertz CT molecular complexity index is 423. The second-order valence-corrected chi connectivity index (χ2v) is 4.66. The molecule has 78 valence electrons. The van der Waals surface area contributed by atoms with Crippen LogP contribution < -0.4 is 4.18 Å². The van der Waals surface area contributed by atoms with Crippen LogP contribution in [0.5, 0.6) is 5.75 Å². The summed E-state index contributed by atoms with van der Waals surface area (Å²) in [7, 11) is 0. The molecule has 0 aliphatic carbocycles. The number of benzene rings is 1. The maximum atomic E-state index is 8.85. The summed E-state index contributed by atoms with van der Waals surface area (Å²) in [5.74, 6) is 0.779. The molecule has 1 aromatic carbocycles. The Morgan fingerprint density at radius 3 is 3.00 bits per heavy atom. The topological polar surface area (TPSA) is 42.2 Å². The Kier molecular flexibility index (Phi) is 2.59. The van der Waals surface area contributed by atoms with Gasteiger partial charge in [-0.25, -0.2) is 0 Å². The first kappa shape index (κ1) is 10.3. The van der Waals surface area contributed by atoms with Crippen molar-refractivity contribution in [3.63, 3.8) is 0 Å². The third kappa shape index (κ3) is 1.94.